The summed E-state index contributed by atoms with van der Waals surface area (Å²) in [6.07, 6.45) is 17.4. The Balaban J connectivity index is 1.78. The van der Waals surface area contributed by atoms with E-state index in [2.05, 4.69) is 22.0 Å². The third kappa shape index (κ3) is 2.44. The highest BCUT2D eigenvalue weighted by Gasteiger charge is 2.50. The molecule has 0 N–H and O–H groups in total. The third-order valence-corrected chi connectivity index (χ3v) is 12.1. The minimum atomic E-state index is -2.32. The summed E-state index contributed by atoms with van der Waals surface area (Å²) in [5.41, 5.74) is 0.465. The Morgan fingerprint density at radius 2 is 1.73 bits per heavy atom. The van der Waals surface area contributed by atoms with Crippen LogP contribution in [0.2, 0.25) is 0 Å². The van der Waals surface area contributed by atoms with Gasteiger partial charge in [0.25, 0.3) is 0 Å². The zero-order valence-corrected chi connectivity index (χ0v) is 16.0. The van der Waals surface area contributed by atoms with Gasteiger partial charge in [0.2, 0.25) is 0 Å². The Morgan fingerprint density at radius 1 is 0.955 bits per heavy atom. The molecule has 3 heteroatoms. The van der Waals surface area contributed by atoms with Gasteiger partial charge in [0.15, 0.2) is 0 Å². The van der Waals surface area contributed by atoms with Gasteiger partial charge < -0.3 is 4.57 Å². The highest BCUT2D eigenvalue weighted by molar-refractivity contribution is 9.11. The lowest BCUT2D eigenvalue weighted by Gasteiger charge is -2.37. The zero-order valence-electron chi connectivity index (χ0n) is 13.5. The molecule has 122 valence electrons. The van der Waals surface area contributed by atoms with E-state index in [1.807, 2.05) is 0 Å². The van der Waals surface area contributed by atoms with Gasteiger partial charge in [0.1, 0.15) is 7.14 Å². The second kappa shape index (κ2) is 6.25. The second-order valence-corrected chi connectivity index (χ2v) is 11.8. The van der Waals surface area contributed by atoms with E-state index in [0.717, 1.165) is 12.8 Å². The van der Waals surface area contributed by atoms with Crippen LogP contribution in [0.25, 0.3) is 0 Å². The molecule has 0 radical (unpaired) electrons. The fraction of sp³-hybridized carbons (Fsp3) is 0.789. The molecule has 0 saturated heterocycles. The molecule has 0 aliphatic heterocycles. The van der Waals surface area contributed by atoms with Gasteiger partial charge in [0, 0.05) is 15.5 Å². The van der Waals surface area contributed by atoms with E-state index in [1.165, 1.54) is 79.3 Å². The minimum Gasteiger partial charge on any atom is -0.314 e. The fourth-order valence-electron chi connectivity index (χ4n) is 5.45. The molecule has 2 saturated carbocycles. The molecule has 4 aliphatic rings. The van der Waals surface area contributed by atoms with Crippen LogP contribution in [0.3, 0.4) is 0 Å². The molecule has 0 aromatic carbocycles. The molecule has 4 rings (SSSR count). The van der Waals surface area contributed by atoms with E-state index < -0.39 is 7.14 Å². The first-order chi connectivity index (χ1) is 10.7. The summed E-state index contributed by atoms with van der Waals surface area (Å²) in [6.45, 7) is 0. The molecule has 0 aromatic rings. The van der Waals surface area contributed by atoms with Crippen molar-refractivity contribution in [3.8, 4) is 0 Å². The molecular weight excluding hydrogens is 355 g/mol. The molecule has 2 fully saturated rings. The van der Waals surface area contributed by atoms with Crippen molar-refractivity contribution < 1.29 is 4.57 Å². The van der Waals surface area contributed by atoms with Crippen molar-refractivity contribution in [3.05, 3.63) is 21.2 Å². The quantitative estimate of drug-likeness (QED) is 0.472. The van der Waals surface area contributed by atoms with Gasteiger partial charge in [-0.25, -0.2) is 0 Å². The second-order valence-electron chi connectivity index (χ2n) is 7.83. The van der Waals surface area contributed by atoms with Gasteiger partial charge in [-0.15, -0.1) is 0 Å². The van der Waals surface area contributed by atoms with E-state index in [4.69, 9.17) is 0 Å². The molecule has 0 amide bonds. The summed E-state index contributed by atoms with van der Waals surface area (Å²) >= 11 is 3.91. The molecule has 4 aliphatic carbocycles. The molecule has 22 heavy (non-hydrogen) atoms. The average Bonchev–Trinajstić information content (AvgIpc) is 3.17. The molecule has 0 aromatic heterocycles. The first-order valence-electron chi connectivity index (χ1n) is 9.40. The number of hydrogen-bond donors (Lipinski definition) is 0. The van der Waals surface area contributed by atoms with Gasteiger partial charge in [-0.1, -0.05) is 41.3 Å². The van der Waals surface area contributed by atoms with Crippen molar-refractivity contribution in [2.75, 3.05) is 0 Å². The van der Waals surface area contributed by atoms with E-state index in [0.29, 0.717) is 17.5 Å². The monoisotopic (exact) mass is 382 g/mol. The zero-order chi connectivity index (χ0) is 15.2. The number of fused-ring (bicyclic) bond motifs is 2. The summed E-state index contributed by atoms with van der Waals surface area (Å²) in [5, 5.41) is 2.80. The van der Waals surface area contributed by atoms with Gasteiger partial charge in [0.05, 0.1) is 0 Å². The first kappa shape index (κ1) is 15.7. The molecule has 0 heterocycles. The predicted octanol–water partition coefficient (Wildman–Crippen LogP) is 7.18. The largest absolute Gasteiger partial charge is 0.314 e. The highest BCUT2D eigenvalue weighted by atomic mass is 79.9. The van der Waals surface area contributed by atoms with Crippen LogP contribution >= 0.6 is 23.1 Å². The van der Waals surface area contributed by atoms with Crippen LogP contribution in [0.4, 0.5) is 0 Å². The summed E-state index contributed by atoms with van der Waals surface area (Å²) in [6, 6.07) is 0. The number of halogens is 1. The third-order valence-electron chi connectivity index (χ3n) is 6.56. The van der Waals surface area contributed by atoms with Crippen molar-refractivity contribution in [2.45, 2.75) is 82.7 Å². The van der Waals surface area contributed by atoms with Crippen molar-refractivity contribution in [2.24, 2.45) is 11.8 Å². The van der Waals surface area contributed by atoms with Crippen LogP contribution in [0.1, 0.15) is 77.0 Å². The lowest BCUT2D eigenvalue weighted by Crippen LogP contribution is -2.18. The number of hydrogen-bond acceptors (Lipinski definition) is 1. The van der Waals surface area contributed by atoms with Gasteiger partial charge in [-0.3, -0.25) is 0 Å². The van der Waals surface area contributed by atoms with Crippen molar-refractivity contribution in [3.63, 3.8) is 0 Å². The van der Waals surface area contributed by atoms with E-state index >= 15 is 0 Å². The molecule has 0 spiro atoms. The van der Waals surface area contributed by atoms with E-state index in [9.17, 15) is 4.57 Å². The van der Waals surface area contributed by atoms with Crippen molar-refractivity contribution in [1.29, 1.82) is 0 Å². The Bertz CT molecular complexity index is 556. The maximum atomic E-state index is 14.6. The van der Waals surface area contributed by atoms with Crippen LogP contribution in [0.5, 0.6) is 0 Å². The number of rotatable bonds is 3. The average molecular weight is 383 g/mol. The first-order valence-corrected chi connectivity index (χ1v) is 12.0. The minimum absolute atomic E-state index is 0.465. The summed E-state index contributed by atoms with van der Waals surface area (Å²) in [7, 11) is -2.32. The van der Waals surface area contributed by atoms with Crippen LogP contribution in [-0.4, -0.2) is 5.66 Å². The van der Waals surface area contributed by atoms with E-state index in [-0.39, 0.29) is 0 Å². The summed E-state index contributed by atoms with van der Waals surface area (Å²) < 4.78 is 15.9. The SMILES string of the molecule is O=P(C1=CCCCC1)(C1=C(Br)C2CCC1C2)C1CCCCC1. The maximum Gasteiger partial charge on any atom is 0.139 e. The highest BCUT2D eigenvalue weighted by Crippen LogP contribution is 2.76. The standard InChI is InChI=1S/C19H28BrOP/c20-18-14-11-12-15(13-14)19(18)22(21,16-7-3-1-4-8-16)17-9-5-2-6-10-17/h7,14-15,17H,1-6,8-13H2. The predicted molar refractivity (Wildman–Crippen MR) is 97.8 cm³/mol. The van der Waals surface area contributed by atoms with Gasteiger partial charge >= 0.3 is 0 Å². The summed E-state index contributed by atoms with van der Waals surface area (Å²) in [5.74, 6) is 1.33. The molecule has 1 nitrogen and oxygen atoms in total. The van der Waals surface area contributed by atoms with Crippen molar-refractivity contribution >= 4 is 23.1 Å². The molecule has 3 atom stereocenters. The Labute approximate surface area is 143 Å². The topological polar surface area (TPSA) is 17.1 Å². The van der Waals surface area contributed by atoms with Gasteiger partial charge in [-0.2, -0.15) is 0 Å². The fourth-order valence-corrected chi connectivity index (χ4v) is 11.4. The Hall–Kier alpha value is 0.190. The van der Waals surface area contributed by atoms with Gasteiger partial charge in [-0.05, 0) is 74.9 Å². The smallest absolute Gasteiger partial charge is 0.139 e. The normalized spacial score (nSPS) is 35.6. The van der Waals surface area contributed by atoms with Crippen LogP contribution in [0.15, 0.2) is 21.2 Å². The Kier molecular flexibility index (Phi) is 4.46. The molecule has 2 bridgehead atoms. The van der Waals surface area contributed by atoms with Crippen LogP contribution in [0, 0.1) is 11.8 Å². The van der Waals surface area contributed by atoms with E-state index in [1.54, 1.807) is 0 Å². The summed E-state index contributed by atoms with van der Waals surface area (Å²) in [4.78, 5) is 0. The van der Waals surface area contributed by atoms with Crippen molar-refractivity contribution in [1.82, 2.24) is 0 Å². The lowest BCUT2D eigenvalue weighted by atomic mass is 10.0. The Morgan fingerprint density at radius 3 is 2.36 bits per heavy atom. The van der Waals surface area contributed by atoms with Crippen LogP contribution in [-0.2, 0) is 4.57 Å². The lowest BCUT2D eigenvalue weighted by molar-refractivity contribution is 0.482. The number of allylic oxidation sites excluding steroid dienone is 4. The molecule has 3 unspecified atom stereocenters. The van der Waals surface area contributed by atoms with Crippen LogP contribution < -0.4 is 0 Å². The maximum absolute atomic E-state index is 14.6. The molecular formula is C19H28BrOP.